The molecule has 8 nitrogen and oxygen atoms in total. The zero-order valence-electron chi connectivity index (χ0n) is 23.5. The largest absolute Gasteiger partial charge is 0.508 e. The average Bonchev–Trinajstić information content (AvgIpc) is 2.98. The van der Waals surface area contributed by atoms with Gasteiger partial charge in [0, 0.05) is 13.0 Å². The molecule has 0 fully saturated rings. The number of amides is 2. The second kappa shape index (κ2) is 17.5. The lowest BCUT2D eigenvalue weighted by molar-refractivity contribution is -0.158. The van der Waals surface area contributed by atoms with Crippen molar-refractivity contribution in [2.45, 2.75) is 70.3 Å². The van der Waals surface area contributed by atoms with E-state index in [9.17, 15) is 19.5 Å². The van der Waals surface area contributed by atoms with Crippen LogP contribution in [0.3, 0.4) is 0 Å². The highest BCUT2D eigenvalue weighted by Crippen LogP contribution is 2.12. The molecule has 3 aromatic carbocycles. The lowest BCUT2D eigenvalue weighted by Gasteiger charge is -2.12. The van der Waals surface area contributed by atoms with E-state index >= 15 is 0 Å². The Morgan fingerprint density at radius 2 is 1.34 bits per heavy atom. The molecular formula is C33H41N3O5. The van der Waals surface area contributed by atoms with E-state index in [2.05, 4.69) is 35.1 Å². The summed E-state index contributed by atoms with van der Waals surface area (Å²) in [7, 11) is 0. The second-order valence-corrected chi connectivity index (χ2v) is 10.3. The number of phenols is 1. The number of aromatic hydroxyl groups is 1. The van der Waals surface area contributed by atoms with Crippen molar-refractivity contribution in [1.29, 1.82) is 0 Å². The average molecular weight is 560 g/mol. The number of nitrogens with two attached hydrogens (primary N) is 1. The van der Waals surface area contributed by atoms with Crippen LogP contribution in [-0.2, 0) is 44.9 Å². The molecule has 0 spiro atoms. The molecule has 0 saturated heterocycles. The molecule has 218 valence electrons. The van der Waals surface area contributed by atoms with Gasteiger partial charge in [0.15, 0.2) is 0 Å². The molecule has 0 aliphatic carbocycles. The minimum Gasteiger partial charge on any atom is -0.508 e. The molecule has 5 N–H and O–H groups in total. The van der Waals surface area contributed by atoms with Crippen LogP contribution in [-0.4, -0.2) is 35.5 Å². The number of phenolic OH excluding ortho intramolecular Hbond substituents is 1. The lowest BCUT2D eigenvalue weighted by Crippen LogP contribution is -2.42. The highest BCUT2D eigenvalue weighted by atomic mass is 16.7. The zero-order chi connectivity index (χ0) is 29.3. The van der Waals surface area contributed by atoms with Crippen molar-refractivity contribution in [2.75, 3.05) is 6.54 Å². The number of hydrogen-bond acceptors (Lipinski definition) is 6. The van der Waals surface area contributed by atoms with Crippen LogP contribution >= 0.6 is 0 Å². The molecule has 1 atom stereocenters. The van der Waals surface area contributed by atoms with Gasteiger partial charge in [-0.25, -0.2) is 4.79 Å². The Hall–Kier alpha value is -4.17. The Kier molecular flexibility index (Phi) is 13.4. The highest BCUT2D eigenvalue weighted by Gasteiger charge is 2.14. The van der Waals surface area contributed by atoms with Crippen LogP contribution < -0.4 is 16.5 Å². The number of unbranched alkanes of at least 4 members (excludes halogenated alkanes) is 3. The number of aryl methyl sites for hydroxylation is 2. The van der Waals surface area contributed by atoms with Gasteiger partial charge in [0.1, 0.15) is 5.75 Å². The third-order valence-corrected chi connectivity index (χ3v) is 6.78. The second-order valence-electron chi connectivity index (χ2n) is 10.3. The van der Waals surface area contributed by atoms with Crippen LogP contribution in [0.15, 0.2) is 78.9 Å². The van der Waals surface area contributed by atoms with E-state index in [0.29, 0.717) is 25.8 Å². The van der Waals surface area contributed by atoms with E-state index < -0.39 is 12.0 Å². The van der Waals surface area contributed by atoms with E-state index in [1.54, 1.807) is 24.3 Å². The predicted molar refractivity (Wildman–Crippen MR) is 159 cm³/mol. The van der Waals surface area contributed by atoms with Crippen LogP contribution in [0, 0.1) is 0 Å². The van der Waals surface area contributed by atoms with Gasteiger partial charge < -0.3 is 21.0 Å². The van der Waals surface area contributed by atoms with Crippen molar-refractivity contribution in [3.8, 4) is 5.75 Å². The van der Waals surface area contributed by atoms with Crippen molar-refractivity contribution in [1.82, 2.24) is 10.8 Å². The molecule has 8 heteroatoms. The Morgan fingerprint density at radius 1 is 0.732 bits per heavy atom. The van der Waals surface area contributed by atoms with Crippen molar-refractivity contribution in [3.63, 3.8) is 0 Å². The first-order chi connectivity index (χ1) is 19.9. The van der Waals surface area contributed by atoms with Gasteiger partial charge >= 0.3 is 5.97 Å². The van der Waals surface area contributed by atoms with Crippen LogP contribution in [0.4, 0.5) is 0 Å². The van der Waals surface area contributed by atoms with Gasteiger partial charge in [0.25, 0.3) is 5.91 Å². The smallest absolute Gasteiger partial charge is 0.332 e. The molecule has 41 heavy (non-hydrogen) atoms. The molecule has 0 aromatic heterocycles. The van der Waals surface area contributed by atoms with Crippen LogP contribution in [0.1, 0.15) is 60.8 Å². The maximum Gasteiger partial charge on any atom is 0.332 e. The molecule has 1 unspecified atom stereocenters. The molecule has 0 saturated carbocycles. The van der Waals surface area contributed by atoms with Gasteiger partial charge in [0.05, 0.1) is 12.5 Å². The van der Waals surface area contributed by atoms with Gasteiger partial charge in [-0.15, -0.1) is 0 Å². The van der Waals surface area contributed by atoms with Gasteiger partial charge in [-0.1, -0.05) is 73.2 Å². The number of rotatable bonds is 16. The van der Waals surface area contributed by atoms with Gasteiger partial charge in [0.2, 0.25) is 5.91 Å². The van der Waals surface area contributed by atoms with Gasteiger partial charge in [-0.05, 0) is 79.3 Å². The van der Waals surface area contributed by atoms with Gasteiger partial charge in [-0.3, -0.25) is 9.59 Å². The summed E-state index contributed by atoms with van der Waals surface area (Å²) in [6.07, 6.45) is 7.00. The van der Waals surface area contributed by atoms with E-state index in [0.717, 1.165) is 43.2 Å². The van der Waals surface area contributed by atoms with Crippen LogP contribution in [0.5, 0.6) is 5.75 Å². The van der Waals surface area contributed by atoms with E-state index in [1.165, 1.54) is 11.1 Å². The Bertz CT molecular complexity index is 1210. The van der Waals surface area contributed by atoms with E-state index in [-0.39, 0.29) is 30.4 Å². The first-order valence-electron chi connectivity index (χ1n) is 14.3. The normalized spacial score (nSPS) is 11.4. The quantitative estimate of drug-likeness (QED) is 0.153. The first-order valence-corrected chi connectivity index (χ1v) is 14.3. The Labute approximate surface area is 242 Å². The molecule has 0 bridgehead atoms. The molecule has 0 aliphatic heterocycles. The van der Waals surface area contributed by atoms with E-state index in [4.69, 9.17) is 10.6 Å². The number of carbonyl (C=O) groups excluding carboxylic acids is 3. The summed E-state index contributed by atoms with van der Waals surface area (Å²) in [5.41, 5.74) is 12.5. The predicted octanol–water partition coefficient (Wildman–Crippen LogP) is 4.32. The number of benzene rings is 3. The topological polar surface area (TPSA) is 131 Å². The Balaban J connectivity index is 1.19. The lowest BCUT2D eigenvalue weighted by atomic mass is 10.0. The fraction of sp³-hybridized carbons (Fsp3) is 0.364. The number of hydroxylamine groups is 1. The summed E-state index contributed by atoms with van der Waals surface area (Å²) < 4.78 is 0. The molecule has 0 radical (unpaired) electrons. The fourth-order valence-electron chi connectivity index (χ4n) is 4.41. The summed E-state index contributed by atoms with van der Waals surface area (Å²) in [6.45, 7) is 0.459. The summed E-state index contributed by atoms with van der Waals surface area (Å²) in [6, 6.07) is 24.4. The highest BCUT2D eigenvalue weighted by molar-refractivity contribution is 5.81. The molecule has 0 heterocycles. The summed E-state index contributed by atoms with van der Waals surface area (Å²) >= 11 is 0. The third-order valence-electron chi connectivity index (χ3n) is 6.78. The number of carbonyl (C=O) groups is 3. The molecule has 0 aliphatic rings. The summed E-state index contributed by atoms with van der Waals surface area (Å²) in [5.74, 6) is -0.946. The summed E-state index contributed by atoms with van der Waals surface area (Å²) in [5, 5.41) is 12.1. The Morgan fingerprint density at radius 3 is 2.02 bits per heavy atom. The minimum absolute atomic E-state index is 0.135. The maximum atomic E-state index is 12.2. The number of nitrogens with one attached hydrogen (secondary N) is 2. The van der Waals surface area contributed by atoms with Crippen molar-refractivity contribution >= 4 is 17.8 Å². The zero-order valence-corrected chi connectivity index (χ0v) is 23.5. The first kappa shape index (κ1) is 31.4. The monoisotopic (exact) mass is 559 g/mol. The van der Waals surface area contributed by atoms with Crippen LogP contribution in [0.25, 0.3) is 0 Å². The van der Waals surface area contributed by atoms with Crippen molar-refractivity contribution < 1.29 is 24.3 Å². The third kappa shape index (κ3) is 12.7. The SMILES string of the molecule is NC(Cc1ccc(O)cc1)C(=O)NCCCCCC(=O)ONC(=O)Cc1ccc(CCCCc2ccccc2)cc1. The van der Waals surface area contributed by atoms with Gasteiger partial charge in [-0.2, -0.15) is 5.48 Å². The van der Waals surface area contributed by atoms with E-state index in [1.807, 2.05) is 30.3 Å². The fourth-order valence-corrected chi connectivity index (χ4v) is 4.41. The minimum atomic E-state index is -0.675. The number of hydrogen-bond donors (Lipinski definition) is 4. The maximum absolute atomic E-state index is 12.2. The molecule has 3 rings (SSSR count). The molecular weight excluding hydrogens is 518 g/mol. The van der Waals surface area contributed by atoms with Crippen LogP contribution in [0.2, 0.25) is 0 Å². The molecule has 3 aromatic rings. The summed E-state index contributed by atoms with van der Waals surface area (Å²) in [4.78, 5) is 41.2. The van der Waals surface area contributed by atoms with Crippen molar-refractivity contribution in [3.05, 3.63) is 101 Å². The van der Waals surface area contributed by atoms with Crippen molar-refractivity contribution in [2.24, 2.45) is 5.73 Å². The molecule has 2 amide bonds. The standard InChI is InChI=1S/C33H41N3O5/c34-30(23-27-18-20-29(37)21-19-27)33(40)35-22-8-2-5-13-32(39)41-36-31(38)24-28-16-14-26(15-17-28)12-7-6-11-25-9-3-1-4-10-25/h1,3-4,9-10,14-21,30,37H,2,5-8,11-13,22-24,34H2,(H,35,40)(H,36,38).